The van der Waals surface area contributed by atoms with Crippen LogP contribution in [0, 0.1) is 6.92 Å². The van der Waals surface area contributed by atoms with Crippen molar-refractivity contribution >= 4 is 17.6 Å². The summed E-state index contributed by atoms with van der Waals surface area (Å²) < 4.78 is 34.1. The Labute approximate surface area is 148 Å². The number of benzene rings is 2. The molecule has 2 aromatic carbocycles. The van der Waals surface area contributed by atoms with Gasteiger partial charge in [0.2, 0.25) is 0 Å². The SMILES string of the molecule is Cc1ccc(C(=O)O[C@H](C)C(=O)Nc2ccccc2OC(F)F)c(O)c1. The second kappa shape index (κ2) is 8.28. The maximum Gasteiger partial charge on any atom is 0.387 e. The maximum absolute atomic E-state index is 12.4. The molecule has 0 heterocycles. The predicted molar refractivity (Wildman–Crippen MR) is 89.4 cm³/mol. The number of halogens is 2. The Bertz CT molecular complexity index is 810. The van der Waals surface area contributed by atoms with E-state index >= 15 is 0 Å². The number of hydrogen-bond acceptors (Lipinski definition) is 5. The number of alkyl halides is 2. The first-order valence-electron chi connectivity index (χ1n) is 7.63. The van der Waals surface area contributed by atoms with E-state index in [1.807, 2.05) is 0 Å². The molecule has 0 aliphatic rings. The number of carbonyl (C=O) groups is 2. The van der Waals surface area contributed by atoms with Crippen molar-refractivity contribution in [1.29, 1.82) is 0 Å². The third-order valence-corrected chi connectivity index (χ3v) is 3.39. The van der Waals surface area contributed by atoms with Gasteiger partial charge in [0.25, 0.3) is 5.91 Å². The first-order valence-corrected chi connectivity index (χ1v) is 7.63. The lowest BCUT2D eigenvalue weighted by Gasteiger charge is -2.16. The summed E-state index contributed by atoms with van der Waals surface area (Å²) in [6.07, 6.45) is -1.23. The quantitative estimate of drug-likeness (QED) is 0.766. The largest absolute Gasteiger partial charge is 0.507 e. The van der Waals surface area contributed by atoms with Gasteiger partial charge in [0, 0.05) is 0 Å². The highest BCUT2D eigenvalue weighted by atomic mass is 19.3. The Hall–Kier alpha value is -3.16. The molecule has 2 aromatic rings. The molecule has 6 nitrogen and oxygen atoms in total. The van der Waals surface area contributed by atoms with E-state index in [0.29, 0.717) is 0 Å². The second-order valence-corrected chi connectivity index (χ2v) is 5.43. The first kappa shape index (κ1) is 19.2. The summed E-state index contributed by atoms with van der Waals surface area (Å²) in [7, 11) is 0. The average Bonchev–Trinajstić information content (AvgIpc) is 2.55. The minimum absolute atomic E-state index is 0.0129. The van der Waals surface area contributed by atoms with Crippen molar-refractivity contribution < 1.29 is 33.0 Å². The van der Waals surface area contributed by atoms with E-state index in [1.54, 1.807) is 13.0 Å². The molecule has 0 bridgehead atoms. The van der Waals surface area contributed by atoms with E-state index < -0.39 is 24.6 Å². The third kappa shape index (κ3) is 4.92. The molecule has 0 saturated carbocycles. The molecule has 0 fully saturated rings. The normalized spacial score (nSPS) is 11.7. The van der Waals surface area contributed by atoms with Crippen LogP contribution in [0.2, 0.25) is 0 Å². The van der Waals surface area contributed by atoms with Gasteiger partial charge in [-0.1, -0.05) is 18.2 Å². The summed E-state index contributed by atoms with van der Waals surface area (Å²) in [4.78, 5) is 24.2. The number of carbonyl (C=O) groups excluding carboxylic acids is 2. The molecule has 1 atom stereocenters. The number of anilines is 1. The number of rotatable bonds is 6. The molecule has 26 heavy (non-hydrogen) atoms. The summed E-state index contributed by atoms with van der Waals surface area (Å²) in [5, 5.41) is 12.1. The molecular weight excluding hydrogens is 348 g/mol. The van der Waals surface area contributed by atoms with E-state index in [1.165, 1.54) is 43.3 Å². The Kier molecular flexibility index (Phi) is 6.11. The summed E-state index contributed by atoms with van der Waals surface area (Å²) >= 11 is 0. The average molecular weight is 365 g/mol. The fraction of sp³-hybridized carbons (Fsp3) is 0.222. The molecule has 8 heteroatoms. The molecule has 0 saturated heterocycles. The van der Waals surface area contributed by atoms with Crippen LogP contribution in [-0.4, -0.2) is 29.7 Å². The standard InChI is InChI=1S/C18H17F2NO5/c1-10-7-8-12(14(22)9-10)17(24)25-11(2)16(23)21-13-5-3-4-6-15(13)26-18(19)20/h3-9,11,18,22H,1-2H3,(H,21,23)/t11-/m1/s1. The van der Waals surface area contributed by atoms with Gasteiger partial charge in [0.05, 0.1) is 5.69 Å². The maximum atomic E-state index is 12.4. The number of para-hydroxylation sites is 2. The number of esters is 1. The fourth-order valence-corrected chi connectivity index (χ4v) is 2.09. The van der Waals surface area contributed by atoms with E-state index in [2.05, 4.69) is 10.1 Å². The van der Waals surface area contributed by atoms with Gasteiger partial charge >= 0.3 is 12.6 Å². The Balaban J connectivity index is 2.05. The van der Waals surface area contributed by atoms with Gasteiger partial charge in [0.15, 0.2) is 6.10 Å². The van der Waals surface area contributed by atoms with Gasteiger partial charge < -0.3 is 19.9 Å². The number of phenolic OH excluding ortho intramolecular Hbond substituents is 1. The van der Waals surface area contributed by atoms with Crippen molar-refractivity contribution in [2.45, 2.75) is 26.6 Å². The molecule has 0 aliphatic heterocycles. The highest BCUT2D eigenvalue weighted by molar-refractivity contribution is 5.99. The number of aromatic hydroxyl groups is 1. The molecule has 0 aliphatic carbocycles. The zero-order valence-corrected chi connectivity index (χ0v) is 14.0. The van der Waals surface area contributed by atoms with E-state index in [4.69, 9.17) is 4.74 Å². The smallest absolute Gasteiger partial charge is 0.387 e. The van der Waals surface area contributed by atoms with Crippen LogP contribution in [0.15, 0.2) is 42.5 Å². The van der Waals surface area contributed by atoms with Gasteiger partial charge in [-0.2, -0.15) is 8.78 Å². The molecule has 138 valence electrons. The molecule has 2 N–H and O–H groups in total. The van der Waals surface area contributed by atoms with Crippen LogP contribution in [0.5, 0.6) is 11.5 Å². The predicted octanol–water partition coefficient (Wildman–Crippen LogP) is 3.49. The number of aryl methyl sites for hydroxylation is 1. The van der Waals surface area contributed by atoms with Crippen molar-refractivity contribution in [1.82, 2.24) is 0 Å². The summed E-state index contributed by atoms with van der Waals surface area (Å²) in [6, 6.07) is 10.0. The van der Waals surface area contributed by atoms with Crippen LogP contribution in [0.3, 0.4) is 0 Å². The van der Waals surface area contributed by atoms with Gasteiger partial charge in [-0.05, 0) is 43.7 Å². The van der Waals surface area contributed by atoms with Gasteiger partial charge in [-0.25, -0.2) is 4.79 Å². The summed E-state index contributed by atoms with van der Waals surface area (Å²) in [5.74, 6) is -2.11. The van der Waals surface area contributed by atoms with Crippen LogP contribution in [0.25, 0.3) is 0 Å². The van der Waals surface area contributed by atoms with E-state index in [0.717, 1.165) is 5.56 Å². The first-order chi connectivity index (χ1) is 12.3. The highest BCUT2D eigenvalue weighted by Gasteiger charge is 2.22. The van der Waals surface area contributed by atoms with Crippen LogP contribution < -0.4 is 10.1 Å². The zero-order chi connectivity index (χ0) is 19.3. The Morgan fingerprint density at radius 1 is 1.15 bits per heavy atom. The fourth-order valence-electron chi connectivity index (χ4n) is 2.09. The number of ether oxygens (including phenoxy) is 2. The van der Waals surface area contributed by atoms with Gasteiger partial charge in [0.1, 0.15) is 17.1 Å². The lowest BCUT2D eigenvalue weighted by molar-refractivity contribution is -0.123. The van der Waals surface area contributed by atoms with Gasteiger partial charge in [-0.3, -0.25) is 4.79 Å². The third-order valence-electron chi connectivity index (χ3n) is 3.39. The number of hydrogen-bond donors (Lipinski definition) is 2. The molecule has 1 amide bonds. The molecule has 0 unspecified atom stereocenters. The van der Waals surface area contributed by atoms with Crippen molar-refractivity contribution in [2.75, 3.05) is 5.32 Å². The molecule has 0 radical (unpaired) electrons. The number of nitrogens with one attached hydrogen (secondary N) is 1. The van der Waals surface area contributed by atoms with Crippen LogP contribution >= 0.6 is 0 Å². The van der Waals surface area contributed by atoms with E-state index in [-0.39, 0.29) is 22.7 Å². The lowest BCUT2D eigenvalue weighted by atomic mass is 10.1. The van der Waals surface area contributed by atoms with Crippen molar-refractivity contribution in [3.05, 3.63) is 53.6 Å². The monoisotopic (exact) mass is 365 g/mol. The topological polar surface area (TPSA) is 84.9 Å². The van der Waals surface area contributed by atoms with Crippen molar-refractivity contribution in [3.8, 4) is 11.5 Å². The number of phenols is 1. The second-order valence-electron chi connectivity index (χ2n) is 5.43. The minimum atomic E-state index is -3.05. The van der Waals surface area contributed by atoms with Gasteiger partial charge in [-0.15, -0.1) is 0 Å². The van der Waals surface area contributed by atoms with Crippen LogP contribution in [-0.2, 0) is 9.53 Å². The molecular formula is C18H17F2NO5. The summed E-state index contributed by atoms with van der Waals surface area (Å²) in [5.41, 5.74) is 0.677. The molecule has 0 spiro atoms. The zero-order valence-electron chi connectivity index (χ0n) is 14.0. The Morgan fingerprint density at radius 3 is 2.50 bits per heavy atom. The number of amides is 1. The Morgan fingerprint density at radius 2 is 1.85 bits per heavy atom. The molecule has 0 aromatic heterocycles. The van der Waals surface area contributed by atoms with Crippen molar-refractivity contribution in [2.24, 2.45) is 0 Å². The van der Waals surface area contributed by atoms with Crippen LogP contribution in [0.4, 0.5) is 14.5 Å². The summed E-state index contributed by atoms with van der Waals surface area (Å²) in [6.45, 7) is 0.00612. The van der Waals surface area contributed by atoms with E-state index in [9.17, 15) is 23.5 Å². The molecule has 2 rings (SSSR count). The van der Waals surface area contributed by atoms with Crippen molar-refractivity contribution in [3.63, 3.8) is 0 Å². The minimum Gasteiger partial charge on any atom is -0.507 e. The lowest BCUT2D eigenvalue weighted by Crippen LogP contribution is -2.30. The highest BCUT2D eigenvalue weighted by Crippen LogP contribution is 2.26. The van der Waals surface area contributed by atoms with Crippen LogP contribution in [0.1, 0.15) is 22.8 Å².